The van der Waals surface area contributed by atoms with E-state index in [1.165, 1.54) is 0 Å². The zero-order chi connectivity index (χ0) is 16.2. The Morgan fingerprint density at radius 1 is 1.04 bits per heavy atom. The van der Waals surface area contributed by atoms with E-state index in [9.17, 15) is 4.79 Å². The molecule has 0 aliphatic heterocycles. The fourth-order valence-electron chi connectivity index (χ4n) is 2.06. The van der Waals surface area contributed by atoms with Crippen molar-refractivity contribution in [2.24, 2.45) is 0 Å². The molecule has 3 rings (SSSR count). The highest BCUT2D eigenvalue weighted by atomic mass is 32.1. The van der Waals surface area contributed by atoms with Crippen LogP contribution in [0.3, 0.4) is 0 Å². The molecule has 0 unspecified atom stereocenters. The van der Waals surface area contributed by atoms with Gasteiger partial charge in [-0.3, -0.25) is 4.79 Å². The minimum absolute atomic E-state index is 0.116. The van der Waals surface area contributed by atoms with Gasteiger partial charge in [0, 0.05) is 12.7 Å². The zero-order valence-electron chi connectivity index (χ0n) is 12.8. The van der Waals surface area contributed by atoms with Crippen LogP contribution in [0.25, 0.3) is 0 Å². The van der Waals surface area contributed by atoms with Crippen molar-refractivity contribution < 1.29 is 9.53 Å². The number of benzene rings is 2. The molecular weight excluding hydrogens is 310 g/mol. The Hall–Kier alpha value is -2.73. The maximum Gasteiger partial charge on any atom is 0.271 e. The first kappa shape index (κ1) is 15.2. The average Bonchev–Trinajstić information content (AvgIpc) is 3.01. The van der Waals surface area contributed by atoms with Crippen molar-refractivity contribution in [1.82, 2.24) is 9.59 Å². The summed E-state index contributed by atoms with van der Waals surface area (Å²) in [5, 5.41) is 3.88. The standard InChI is InChI=1S/C17H15N3O2S/c1-12-16(23-19-18-12)17(21)20(2)13-8-10-15(11-9-13)22-14-6-4-3-5-7-14/h3-11H,1-2H3. The Balaban J connectivity index is 1.74. The van der Waals surface area contributed by atoms with E-state index in [1.807, 2.05) is 54.6 Å². The molecule has 0 radical (unpaired) electrons. The van der Waals surface area contributed by atoms with E-state index in [0.717, 1.165) is 28.7 Å². The molecule has 0 saturated heterocycles. The van der Waals surface area contributed by atoms with Gasteiger partial charge < -0.3 is 9.64 Å². The van der Waals surface area contributed by atoms with E-state index < -0.39 is 0 Å². The van der Waals surface area contributed by atoms with Crippen LogP contribution in [0.4, 0.5) is 5.69 Å². The first-order valence-corrected chi connectivity index (χ1v) is 7.82. The van der Waals surface area contributed by atoms with Crippen molar-refractivity contribution in [3.63, 3.8) is 0 Å². The molecule has 6 heteroatoms. The van der Waals surface area contributed by atoms with Crippen LogP contribution >= 0.6 is 11.5 Å². The van der Waals surface area contributed by atoms with Crippen LogP contribution in [0.1, 0.15) is 15.4 Å². The van der Waals surface area contributed by atoms with Crippen molar-refractivity contribution in [2.45, 2.75) is 6.92 Å². The Bertz CT molecular complexity index is 800. The summed E-state index contributed by atoms with van der Waals surface area (Å²) in [7, 11) is 1.73. The average molecular weight is 325 g/mol. The minimum Gasteiger partial charge on any atom is -0.457 e. The van der Waals surface area contributed by atoms with Gasteiger partial charge in [0.2, 0.25) is 0 Å². The van der Waals surface area contributed by atoms with E-state index in [-0.39, 0.29) is 5.91 Å². The third kappa shape index (κ3) is 3.37. The number of ether oxygens (including phenoxy) is 1. The number of carbonyl (C=O) groups is 1. The van der Waals surface area contributed by atoms with Crippen LogP contribution in [-0.4, -0.2) is 22.5 Å². The van der Waals surface area contributed by atoms with Gasteiger partial charge in [0.05, 0.1) is 5.69 Å². The highest BCUT2D eigenvalue weighted by Gasteiger charge is 2.18. The molecular formula is C17H15N3O2S. The molecule has 0 aliphatic rings. The number of carbonyl (C=O) groups excluding carboxylic acids is 1. The van der Waals surface area contributed by atoms with Crippen molar-refractivity contribution >= 4 is 23.1 Å². The molecule has 5 nitrogen and oxygen atoms in total. The summed E-state index contributed by atoms with van der Waals surface area (Å²) in [4.78, 5) is 14.6. The van der Waals surface area contributed by atoms with Gasteiger partial charge in [0.25, 0.3) is 5.91 Å². The molecule has 0 aliphatic carbocycles. The third-order valence-corrected chi connectivity index (χ3v) is 4.17. The quantitative estimate of drug-likeness (QED) is 0.729. The number of aromatic nitrogens is 2. The van der Waals surface area contributed by atoms with Gasteiger partial charge in [-0.15, -0.1) is 5.10 Å². The number of hydrogen-bond acceptors (Lipinski definition) is 5. The van der Waals surface area contributed by atoms with Crippen LogP contribution in [0.15, 0.2) is 54.6 Å². The molecule has 0 bridgehead atoms. The van der Waals surface area contributed by atoms with Crippen molar-refractivity contribution in [1.29, 1.82) is 0 Å². The predicted molar refractivity (Wildman–Crippen MR) is 90.3 cm³/mol. The van der Waals surface area contributed by atoms with E-state index in [0.29, 0.717) is 10.6 Å². The van der Waals surface area contributed by atoms with Crippen LogP contribution in [-0.2, 0) is 0 Å². The number of anilines is 1. The second-order valence-electron chi connectivity index (χ2n) is 4.96. The molecule has 1 amide bonds. The van der Waals surface area contributed by atoms with Gasteiger partial charge in [-0.1, -0.05) is 22.7 Å². The first-order chi connectivity index (χ1) is 11.1. The Labute approximate surface area is 138 Å². The molecule has 0 N–H and O–H groups in total. The van der Waals surface area contributed by atoms with Gasteiger partial charge >= 0.3 is 0 Å². The van der Waals surface area contributed by atoms with Crippen molar-refractivity contribution in [2.75, 3.05) is 11.9 Å². The first-order valence-electron chi connectivity index (χ1n) is 7.05. The SMILES string of the molecule is Cc1nnsc1C(=O)N(C)c1ccc(Oc2ccccc2)cc1. The lowest BCUT2D eigenvalue weighted by molar-refractivity contribution is 0.0996. The van der Waals surface area contributed by atoms with Gasteiger partial charge in [-0.25, -0.2) is 0 Å². The van der Waals surface area contributed by atoms with Crippen LogP contribution in [0, 0.1) is 6.92 Å². The maximum absolute atomic E-state index is 12.4. The smallest absolute Gasteiger partial charge is 0.271 e. The molecule has 23 heavy (non-hydrogen) atoms. The van der Waals surface area contributed by atoms with E-state index in [1.54, 1.807) is 18.9 Å². The summed E-state index contributed by atoms with van der Waals surface area (Å²) in [5.41, 5.74) is 1.43. The lowest BCUT2D eigenvalue weighted by Crippen LogP contribution is -2.25. The molecule has 1 heterocycles. The molecule has 0 spiro atoms. The molecule has 2 aromatic carbocycles. The summed E-state index contributed by atoms with van der Waals surface area (Å²) in [6, 6.07) is 16.9. The normalized spacial score (nSPS) is 10.3. The topological polar surface area (TPSA) is 55.3 Å². The number of amides is 1. The number of para-hydroxylation sites is 1. The van der Waals surface area contributed by atoms with Crippen molar-refractivity contribution in [3.8, 4) is 11.5 Å². The Kier molecular flexibility index (Phi) is 4.34. The van der Waals surface area contributed by atoms with Gasteiger partial charge in [0.1, 0.15) is 16.4 Å². The minimum atomic E-state index is -0.116. The van der Waals surface area contributed by atoms with Gasteiger partial charge in [0.15, 0.2) is 0 Å². The highest BCUT2D eigenvalue weighted by Crippen LogP contribution is 2.25. The summed E-state index contributed by atoms with van der Waals surface area (Å²) < 4.78 is 9.55. The summed E-state index contributed by atoms with van der Waals surface area (Å²) in [6.45, 7) is 1.78. The summed E-state index contributed by atoms with van der Waals surface area (Å²) in [5.74, 6) is 1.38. The molecule has 0 fully saturated rings. The summed E-state index contributed by atoms with van der Waals surface area (Å²) in [6.07, 6.45) is 0. The van der Waals surface area contributed by atoms with Gasteiger partial charge in [-0.2, -0.15) is 0 Å². The lowest BCUT2D eigenvalue weighted by Gasteiger charge is -2.17. The number of rotatable bonds is 4. The monoisotopic (exact) mass is 325 g/mol. The van der Waals surface area contributed by atoms with Gasteiger partial charge in [-0.05, 0) is 54.9 Å². The van der Waals surface area contributed by atoms with E-state index in [4.69, 9.17) is 4.74 Å². The highest BCUT2D eigenvalue weighted by molar-refractivity contribution is 7.08. The Morgan fingerprint density at radius 3 is 2.30 bits per heavy atom. The van der Waals surface area contributed by atoms with Crippen molar-refractivity contribution in [3.05, 3.63) is 65.2 Å². The summed E-state index contributed by atoms with van der Waals surface area (Å²) >= 11 is 1.11. The molecule has 0 saturated carbocycles. The zero-order valence-corrected chi connectivity index (χ0v) is 13.6. The fraction of sp³-hybridized carbons (Fsp3) is 0.118. The maximum atomic E-state index is 12.4. The molecule has 3 aromatic rings. The molecule has 116 valence electrons. The second-order valence-corrected chi connectivity index (χ2v) is 5.71. The van der Waals surface area contributed by atoms with Crippen LogP contribution in [0.5, 0.6) is 11.5 Å². The molecule has 1 aromatic heterocycles. The number of hydrogen-bond donors (Lipinski definition) is 0. The third-order valence-electron chi connectivity index (χ3n) is 3.35. The number of aryl methyl sites for hydroxylation is 1. The number of nitrogens with zero attached hydrogens (tertiary/aromatic N) is 3. The predicted octanol–water partition coefficient (Wildman–Crippen LogP) is 3.92. The van der Waals surface area contributed by atoms with Crippen LogP contribution < -0.4 is 9.64 Å². The Morgan fingerprint density at radius 2 is 1.70 bits per heavy atom. The van der Waals surface area contributed by atoms with E-state index in [2.05, 4.69) is 9.59 Å². The fourth-order valence-corrected chi connectivity index (χ4v) is 2.69. The lowest BCUT2D eigenvalue weighted by atomic mass is 10.2. The largest absolute Gasteiger partial charge is 0.457 e. The molecule has 0 atom stereocenters. The second kappa shape index (κ2) is 6.58. The van der Waals surface area contributed by atoms with E-state index >= 15 is 0 Å². The van der Waals surface area contributed by atoms with Crippen LogP contribution in [0.2, 0.25) is 0 Å².